The number of para-hydroxylation sites is 1. The van der Waals surface area contributed by atoms with Crippen LogP contribution in [0.2, 0.25) is 5.02 Å². The van der Waals surface area contributed by atoms with Crippen LogP contribution < -0.4 is 25.4 Å². The SMILES string of the molecule is COc1cc(OC)c(N[C@H](C)C(=O)NCC(=O)Nc2c(C)cccc2C)cc1Cl. The molecule has 0 aliphatic carbocycles. The number of hydrogen-bond donors (Lipinski definition) is 3. The maximum Gasteiger partial charge on any atom is 0.243 e. The number of aryl methyl sites for hydroxylation is 2. The smallest absolute Gasteiger partial charge is 0.243 e. The number of anilines is 2. The van der Waals surface area contributed by atoms with E-state index < -0.39 is 6.04 Å². The summed E-state index contributed by atoms with van der Waals surface area (Å²) in [5.41, 5.74) is 3.22. The Hall–Kier alpha value is -2.93. The van der Waals surface area contributed by atoms with Crippen LogP contribution in [0.4, 0.5) is 11.4 Å². The summed E-state index contributed by atoms with van der Waals surface area (Å²) < 4.78 is 10.5. The maximum atomic E-state index is 12.4. The van der Waals surface area contributed by atoms with Gasteiger partial charge in [-0.15, -0.1) is 0 Å². The molecule has 8 heteroatoms. The molecule has 2 rings (SSSR count). The molecule has 7 nitrogen and oxygen atoms in total. The first-order valence-corrected chi connectivity index (χ1v) is 9.46. The number of carbonyl (C=O) groups is 2. The predicted molar refractivity (Wildman–Crippen MR) is 115 cm³/mol. The zero-order valence-corrected chi connectivity index (χ0v) is 17.9. The standard InChI is InChI=1S/C21H26ClN3O4/c1-12-7-6-8-13(2)20(12)25-19(26)11-23-21(27)14(3)24-16-9-15(22)17(28-4)10-18(16)29-5/h6-10,14,24H,11H2,1-5H3,(H,23,27)(H,25,26)/t14-/m1/s1. The molecule has 0 bridgehead atoms. The van der Waals surface area contributed by atoms with Gasteiger partial charge in [-0.1, -0.05) is 29.8 Å². The zero-order chi connectivity index (χ0) is 21.6. The van der Waals surface area contributed by atoms with Gasteiger partial charge in [-0.05, 0) is 38.0 Å². The van der Waals surface area contributed by atoms with E-state index in [1.165, 1.54) is 14.2 Å². The van der Waals surface area contributed by atoms with Crippen molar-refractivity contribution in [2.75, 3.05) is 31.4 Å². The van der Waals surface area contributed by atoms with Crippen LogP contribution in [0.3, 0.4) is 0 Å². The molecular weight excluding hydrogens is 394 g/mol. The van der Waals surface area contributed by atoms with Crippen molar-refractivity contribution in [3.63, 3.8) is 0 Å². The minimum Gasteiger partial charge on any atom is -0.495 e. The molecule has 0 unspecified atom stereocenters. The highest BCUT2D eigenvalue weighted by Crippen LogP contribution is 2.36. The van der Waals surface area contributed by atoms with Crippen molar-refractivity contribution in [2.45, 2.75) is 26.8 Å². The van der Waals surface area contributed by atoms with E-state index in [-0.39, 0.29) is 18.4 Å². The lowest BCUT2D eigenvalue weighted by atomic mass is 10.1. The van der Waals surface area contributed by atoms with E-state index in [0.29, 0.717) is 22.2 Å². The summed E-state index contributed by atoms with van der Waals surface area (Å²) in [7, 11) is 3.02. The largest absolute Gasteiger partial charge is 0.495 e. The van der Waals surface area contributed by atoms with Crippen LogP contribution in [0.15, 0.2) is 30.3 Å². The van der Waals surface area contributed by atoms with Gasteiger partial charge in [0.1, 0.15) is 17.5 Å². The van der Waals surface area contributed by atoms with Crippen molar-refractivity contribution in [1.82, 2.24) is 5.32 Å². The van der Waals surface area contributed by atoms with Crippen LogP contribution >= 0.6 is 11.6 Å². The number of carbonyl (C=O) groups excluding carboxylic acids is 2. The Morgan fingerprint density at radius 2 is 1.69 bits per heavy atom. The second kappa shape index (κ2) is 10.0. The highest BCUT2D eigenvalue weighted by molar-refractivity contribution is 6.32. The van der Waals surface area contributed by atoms with E-state index in [1.807, 2.05) is 32.0 Å². The van der Waals surface area contributed by atoms with Crippen molar-refractivity contribution in [3.05, 3.63) is 46.5 Å². The van der Waals surface area contributed by atoms with Gasteiger partial charge in [0.2, 0.25) is 11.8 Å². The third-order valence-electron chi connectivity index (χ3n) is 4.41. The Labute approximate surface area is 175 Å². The Morgan fingerprint density at radius 1 is 1.07 bits per heavy atom. The number of halogens is 1. The summed E-state index contributed by atoms with van der Waals surface area (Å²) in [6, 6.07) is 8.39. The molecule has 0 spiro atoms. The Bertz CT molecular complexity index is 881. The molecule has 0 aliphatic heterocycles. The van der Waals surface area contributed by atoms with E-state index in [2.05, 4.69) is 16.0 Å². The normalized spacial score (nSPS) is 11.4. The molecule has 0 heterocycles. The van der Waals surface area contributed by atoms with Gasteiger partial charge in [-0.3, -0.25) is 9.59 Å². The molecule has 0 saturated heterocycles. The third kappa shape index (κ3) is 5.77. The summed E-state index contributed by atoms with van der Waals surface area (Å²) >= 11 is 6.15. The molecule has 29 heavy (non-hydrogen) atoms. The van der Waals surface area contributed by atoms with Crippen molar-refractivity contribution >= 4 is 34.8 Å². The molecule has 3 N–H and O–H groups in total. The number of hydrogen-bond acceptors (Lipinski definition) is 5. The van der Waals surface area contributed by atoms with Gasteiger partial charge >= 0.3 is 0 Å². The monoisotopic (exact) mass is 419 g/mol. The zero-order valence-electron chi connectivity index (χ0n) is 17.2. The average Bonchev–Trinajstić information content (AvgIpc) is 2.69. The van der Waals surface area contributed by atoms with E-state index in [4.69, 9.17) is 21.1 Å². The Balaban J connectivity index is 1.96. The molecule has 2 amide bonds. The number of methoxy groups -OCH3 is 2. The number of rotatable bonds is 8. The lowest BCUT2D eigenvalue weighted by Gasteiger charge is -2.18. The highest BCUT2D eigenvalue weighted by atomic mass is 35.5. The van der Waals surface area contributed by atoms with E-state index >= 15 is 0 Å². The summed E-state index contributed by atoms with van der Waals surface area (Å²) in [5.74, 6) is 0.316. The molecule has 0 aliphatic rings. The van der Waals surface area contributed by atoms with E-state index in [1.54, 1.807) is 19.1 Å². The van der Waals surface area contributed by atoms with Crippen LogP contribution in [-0.2, 0) is 9.59 Å². The maximum absolute atomic E-state index is 12.4. The lowest BCUT2D eigenvalue weighted by Crippen LogP contribution is -2.41. The number of benzene rings is 2. The van der Waals surface area contributed by atoms with Gasteiger partial charge in [-0.25, -0.2) is 0 Å². The van der Waals surface area contributed by atoms with Crippen LogP contribution in [0.1, 0.15) is 18.1 Å². The van der Waals surface area contributed by atoms with Crippen LogP contribution in [0.5, 0.6) is 11.5 Å². The van der Waals surface area contributed by atoms with E-state index in [9.17, 15) is 9.59 Å². The quantitative estimate of drug-likeness (QED) is 0.609. The molecular formula is C21H26ClN3O4. The summed E-state index contributed by atoms with van der Waals surface area (Å²) in [5, 5.41) is 8.88. The highest BCUT2D eigenvalue weighted by Gasteiger charge is 2.18. The van der Waals surface area contributed by atoms with Crippen molar-refractivity contribution < 1.29 is 19.1 Å². The molecule has 2 aromatic rings. The topological polar surface area (TPSA) is 88.7 Å². The average molecular weight is 420 g/mol. The molecule has 2 aromatic carbocycles. The summed E-state index contributed by atoms with van der Waals surface area (Å²) in [4.78, 5) is 24.6. The Kier molecular flexibility index (Phi) is 7.73. The van der Waals surface area contributed by atoms with Gasteiger partial charge < -0.3 is 25.4 Å². The predicted octanol–water partition coefficient (Wildman–Crippen LogP) is 3.53. The van der Waals surface area contributed by atoms with Crippen molar-refractivity contribution in [2.24, 2.45) is 0 Å². The second-order valence-electron chi connectivity index (χ2n) is 6.59. The number of amides is 2. The molecule has 0 fully saturated rings. The number of ether oxygens (including phenoxy) is 2. The molecule has 0 aromatic heterocycles. The molecule has 1 atom stereocenters. The first-order valence-electron chi connectivity index (χ1n) is 9.08. The fourth-order valence-corrected chi connectivity index (χ4v) is 3.03. The van der Waals surface area contributed by atoms with Crippen LogP contribution in [0.25, 0.3) is 0 Å². The fraction of sp³-hybridized carbons (Fsp3) is 0.333. The van der Waals surface area contributed by atoms with E-state index in [0.717, 1.165) is 16.8 Å². The first-order chi connectivity index (χ1) is 13.8. The van der Waals surface area contributed by atoms with Gasteiger partial charge in [-0.2, -0.15) is 0 Å². The second-order valence-corrected chi connectivity index (χ2v) is 6.99. The van der Waals surface area contributed by atoms with Crippen LogP contribution in [-0.4, -0.2) is 38.6 Å². The fourth-order valence-electron chi connectivity index (χ4n) is 2.79. The number of nitrogens with one attached hydrogen (secondary N) is 3. The Morgan fingerprint density at radius 3 is 2.28 bits per heavy atom. The van der Waals surface area contributed by atoms with Crippen molar-refractivity contribution in [3.8, 4) is 11.5 Å². The third-order valence-corrected chi connectivity index (χ3v) is 4.70. The summed E-state index contributed by atoms with van der Waals surface area (Å²) in [6.07, 6.45) is 0. The van der Waals surface area contributed by atoms with Gasteiger partial charge in [0.15, 0.2) is 0 Å². The van der Waals surface area contributed by atoms with Gasteiger partial charge in [0.25, 0.3) is 0 Å². The minimum atomic E-state index is -0.624. The molecule has 156 valence electrons. The van der Waals surface area contributed by atoms with Crippen LogP contribution in [0, 0.1) is 13.8 Å². The minimum absolute atomic E-state index is 0.140. The lowest BCUT2D eigenvalue weighted by molar-refractivity contribution is -0.124. The molecule has 0 saturated carbocycles. The summed E-state index contributed by atoms with van der Waals surface area (Å²) in [6.45, 7) is 5.37. The van der Waals surface area contributed by atoms with Gasteiger partial charge in [0.05, 0.1) is 31.5 Å². The van der Waals surface area contributed by atoms with Gasteiger partial charge in [0, 0.05) is 11.8 Å². The molecule has 0 radical (unpaired) electrons. The van der Waals surface area contributed by atoms with Crippen molar-refractivity contribution in [1.29, 1.82) is 0 Å². The first kappa shape index (κ1) is 22.4.